The molecule has 9 nitrogen and oxygen atoms in total. The molecule has 0 aromatic heterocycles. The fourth-order valence-corrected chi connectivity index (χ4v) is 10.6. The van der Waals surface area contributed by atoms with Crippen molar-refractivity contribution >= 4 is 55.5 Å². The highest BCUT2D eigenvalue weighted by Crippen LogP contribution is 2.66. The van der Waals surface area contributed by atoms with Gasteiger partial charge in [0.2, 0.25) is 22.7 Å². The summed E-state index contributed by atoms with van der Waals surface area (Å²) in [5.74, 6) is -8.82. The number of hydrogen-bond donors (Lipinski definition) is 2. The second-order valence-electron chi connectivity index (χ2n) is 17.4. The zero-order valence-corrected chi connectivity index (χ0v) is 39.2. The molecule has 3 rings (SSSR count). The van der Waals surface area contributed by atoms with Gasteiger partial charge in [0, 0.05) is 45.7 Å². The lowest BCUT2D eigenvalue weighted by atomic mass is 9.44. The van der Waals surface area contributed by atoms with Gasteiger partial charge < -0.3 is 19.9 Å². The molecule has 5 atom stereocenters. The zero-order valence-electron chi connectivity index (χ0n) is 35.4. The number of carbonyl (C=O) groups is 2. The van der Waals surface area contributed by atoms with Crippen LogP contribution in [0.4, 0.5) is 17.6 Å². The fraction of sp³-hybridized carbons (Fsp3) is 0.667. The molecule has 1 heterocycles. The Kier molecular flexibility index (Phi) is 17.2. The first kappa shape index (κ1) is 50.4. The van der Waals surface area contributed by atoms with Gasteiger partial charge in [-0.15, -0.1) is 0 Å². The number of quaternary nitrogens is 1. The number of benzene rings is 2. The lowest BCUT2D eigenvalue weighted by Crippen LogP contribution is -2.85. The molecular weight excluding hydrogens is 910 g/mol. The largest absolute Gasteiger partial charge is 0.487 e. The van der Waals surface area contributed by atoms with E-state index in [-0.39, 0.29) is 55.6 Å². The van der Waals surface area contributed by atoms with Crippen molar-refractivity contribution in [2.45, 2.75) is 114 Å². The topological polar surface area (TPSA) is 127 Å². The van der Waals surface area contributed by atoms with E-state index >= 15 is 17.6 Å². The van der Waals surface area contributed by atoms with Crippen LogP contribution < -0.4 is 10.5 Å². The van der Waals surface area contributed by atoms with Gasteiger partial charge in [-0.1, -0.05) is 99.3 Å². The van der Waals surface area contributed by atoms with Gasteiger partial charge in [0.25, 0.3) is 10.1 Å². The van der Waals surface area contributed by atoms with Crippen molar-refractivity contribution in [1.82, 2.24) is 4.90 Å². The first-order chi connectivity index (χ1) is 26.7. The fourth-order valence-electron chi connectivity index (χ4n) is 8.84. The van der Waals surface area contributed by atoms with Crippen LogP contribution in [0.5, 0.6) is 5.75 Å². The summed E-state index contributed by atoms with van der Waals surface area (Å²) in [6.45, 7) is 13.9. The molecule has 3 N–H and O–H groups in total. The zero-order chi connectivity index (χ0) is 44.1. The Morgan fingerprint density at radius 2 is 1.55 bits per heavy atom. The van der Waals surface area contributed by atoms with E-state index in [1.54, 1.807) is 42.2 Å². The van der Waals surface area contributed by atoms with Crippen LogP contribution in [0.3, 0.4) is 0 Å². The number of thioether (sulfide) groups is 1. The maximum atomic E-state index is 16.6. The third-order valence-electron chi connectivity index (χ3n) is 12.7. The highest BCUT2D eigenvalue weighted by atomic mass is 127. The molecule has 58 heavy (non-hydrogen) atoms. The number of amides is 1. The van der Waals surface area contributed by atoms with Crippen LogP contribution in [0.15, 0.2) is 30.3 Å². The summed E-state index contributed by atoms with van der Waals surface area (Å²) < 4.78 is 102. The molecular formula is C42H63F4IN3O6S2+. The van der Waals surface area contributed by atoms with Crippen LogP contribution in [0.1, 0.15) is 115 Å². The van der Waals surface area contributed by atoms with E-state index < -0.39 is 76.5 Å². The molecule has 0 saturated carbocycles. The number of hydrogen-bond acceptors (Lipinski definition) is 7. The SMILES string of the molecule is CCC(N)C1(C)C(=O)N(CCC[N+](C)(C)CCCS(=O)(=O)O)C1(C)C(C)(CC)C(CC(C)(C)I)c1c(F)c(F)c(OCCCCSC(=O)c2ccccc2)c(F)c1F. The summed E-state index contributed by atoms with van der Waals surface area (Å²) in [5.41, 5.74) is 3.02. The summed E-state index contributed by atoms with van der Waals surface area (Å²) in [5, 5.41) is -0.114. The van der Waals surface area contributed by atoms with Crippen molar-refractivity contribution in [2.24, 2.45) is 16.6 Å². The molecule has 0 aliphatic carbocycles. The Morgan fingerprint density at radius 3 is 2.07 bits per heavy atom. The normalized spacial score (nSPS) is 21.0. The van der Waals surface area contributed by atoms with Crippen LogP contribution in [-0.2, 0) is 14.9 Å². The summed E-state index contributed by atoms with van der Waals surface area (Å²) in [6, 6.07) is 8.09. The van der Waals surface area contributed by atoms with Crippen molar-refractivity contribution in [1.29, 1.82) is 0 Å². The Hall–Kier alpha value is -1.99. The molecule has 0 spiro atoms. The van der Waals surface area contributed by atoms with E-state index in [4.69, 9.17) is 10.5 Å². The number of nitrogens with zero attached hydrogens (tertiary/aromatic N) is 2. The number of ether oxygens (including phenoxy) is 1. The molecule has 1 aliphatic heterocycles. The van der Waals surface area contributed by atoms with Gasteiger partial charge in [0.15, 0.2) is 17.4 Å². The van der Waals surface area contributed by atoms with Crippen LogP contribution >= 0.6 is 34.4 Å². The summed E-state index contributed by atoms with van der Waals surface area (Å²) >= 11 is 3.26. The van der Waals surface area contributed by atoms with Crippen molar-refractivity contribution in [2.75, 3.05) is 51.8 Å². The molecule has 5 unspecified atom stereocenters. The van der Waals surface area contributed by atoms with Gasteiger partial charge in [-0.3, -0.25) is 14.1 Å². The standard InChI is InChI=1S/C42H62F4IN3O6S2/c1-10-30(48)41(6)38(52)49(21-17-22-50(8,9)23-18-26-58(53,54)55)42(41,7)40(5,11-2)29(27-39(3,4)47)31-32(43)34(45)36(35(46)33(31)44)56-24-15-16-25-57-37(51)28-19-13-12-14-20-28/h12-14,19-20,29-30H,10-11,15-18,21-27,48H2,1-9H3/p+1. The van der Waals surface area contributed by atoms with E-state index in [2.05, 4.69) is 22.6 Å². The van der Waals surface area contributed by atoms with E-state index in [0.717, 1.165) is 11.8 Å². The minimum atomic E-state index is -4.11. The minimum Gasteiger partial charge on any atom is -0.487 e. The van der Waals surface area contributed by atoms with E-state index in [0.29, 0.717) is 48.2 Å². The molecule has 0 bridgehead atoms. The average Bonchev–Trinajstić information content (AvgIpc) is 3.15. The summed E-state index contributed by atoms with van der Waals surface area (Å²) in [6.07, 6.45) is 2.23. The van der Waals surface area contributed by atoms with Crippen molar-refractivity contribution in [3.05, 3.63) is 64.7 Å². The van der Waals surface area contributed by atoms with Crippen LogP contribution in [0, 0.1) is 34.1 Å². The first-order valence-electron chi connectivity index (χ1n) is 20.0. The maximum absolute atomic E-state index is 16.6. The van der Waals surface area contributed by atoms with E-state index in [9.17, 15) is 22.6 Å². The van der Waals surface area contributed by atoms with Gasteiger partial charge in [-0.2, -0.15) is 17.2 Å². The number of alkyl halides is 1. The molecule has 0 radical (unpaired) electrons. The van der Waals surface area contributed by atoms with Gasteiger partial charge in [-0.05, 0) is 57.3 Å². The highest BCUT2D eigenvalue weighted by molar-refractivity contribution is 14.1. The van der Waals surface area contributed by atoms with Crippen molar-refractivity contribution in [3.8, 4) is 5.75 Å². The smallest absolute Gasteiger partial charge is 0.265 e. The van der Waals surface area contributed by atoms with Crippen molar-refractivity contribution < 1.29 is 49.3 Å². The van der Waals surface area contributed by atoms with E-state index in [1.807, 2.05) is 55.6 Å². The lowest BCUT2D eigenvalue weighted by Gasteiger charge is -2.72. The van der Waals surface area contributed by atoms with Gasteiger partial charge >= 0.3 is 0 Å². The van der Waals surface area contributed by atoms with Crippen molar-refractivity contribution in [3.63, 3.8) is 0 Å². The van der Waals surface area contributed by atoms with Gasteiger partial charge in [-0.25, -0.2) is 8.78 Å². The number of unbranched alkanes of at least 4 members (excludes halogenated alkanes) is 1. The minimum absolute atomic E-state index is 0.0942. The Morgan fingerprint density at radius 1 is 0.983 bits per heavy atom. The molecule has 1 aliphatic rings. The van der Waals surface area contributed by atoms with Crippen LogP contribution in [0.25, 0.3) is 0 Å². The molecule has 1 saturated heterocycles. The summed E-state index contributed by atoms with van der Waals surface area (Å²) in [4.78, 5) is 28.4. The number of β-lactam (4-membered cyclic amide) rings is 1. The highest BCUT2D eigenvalue weighted by Gasteiger charge is 2.74. The number of halogens is 5. The molecule has 2 aromatic carbocycles. The third-order valence-corrected chi connectivity index (χ3v) is 14.9. The Labute approximate surface area is 361 Å². The predicted octanol–water partition coefficient (Wildman–Crippen LogP) is 9.17. The number of likely N-dealkylation sites (tertiary alicyclic amines) is 1. The Balaban J connectivity index is 1.99. The molecule has 328 valence electrons. The Bertz CT molecular complexity index is 1840. The summed E-state index contributed by atoms with van der Waals surface area (Å²) in [7, 11) is -0.270. The number of nitrogens with two attached hydrogens (primary N) is 1. The van der Waals surface area contributed by atoms with Gasteiger partial charge in [0.1, 0.15) is 0 Å². The third kappa shape index (κ3) is 10.9. The number of rotatable bonds is 23. The molecule has 1 amide bonds. The first-order valence-corrected chi connectivity index (χ1v) is 23.7. The average molecular weight is 973 g/mol. The lowest BCUT2D eigenvalue weighted by molar-refractivity contribution is -0.890. The number of carbonyl (C=O) groups excluding carboxylic acids is 2. The van der Waals surface area contributed by atoms with Crippen LogP contribution in [0.2, 0.25) is 0 Å². The van der Waals surface area contributed by atoms with Gasteiger partial charge in [0.05, 0.1) is 50.5 Å². The molecule has 1 fully saturated rings. The van der Waals surface area contributed by atoms with Crippen LogP contribution in [-0.4, -0.2) is 100 Å². The molecule has 16 heteroatoms. The monoisotopic (exact) mass is 972 g/mol. The maximum Gasteiger partial charge on any atom is 0.265 e. The second kappa shape index (κ2) is 19.8. The second-order valence-corrected chi connectivity index (χ2v) is 23.0. The molecule has 2 aromatic rings. The predicted molar refractivity (Wildman–Crippen MR) is 232 cm³/mol. The van der Waals surface area contributed by atoms with E-state index in [1.165, 1.54) is 0 Å². The quantitative estimate of drug-likeness (QED) is 0.0165.